The van der Waals surface area contributed by atoms with Crippen molar-refractivity contribution >= 4 is 11.9 Å². The van der Waals surface area contributed by atoms with Crippen molar-refractivity contribution in [3.05, 3.63) is 35.9 Å². The number of methoxy groups -OCH3 is 1. The normalized spacial score (nSPS) is 18.0. The maximum absolute atomic E-state index is 12.1. The Morgan fingerprint density at radius 3 is 2.77 bits per heavy atom. The van der Waals surface area contributed by atoms with E-state index in [-0.39, 0.29) is 30.8 Å². The molecule has 5 nitrogen and oxygen atoms in total. The van der Waals surface area contributed by atoms with Crippen molar-refractivity contribution in [2.24, 2.45) is 0 Å². The number of nitrogens with zero attached hydrogens (tertiary/aromatic N) is 1. The molecular formula is C17H23NO4. The summed E-state index contributed by atoms with van der Waals surface area (Å²) in [6, 6.07) is 10.3. The Kier molecular flexibility index (Phi) is 6.40. The number of rotatable bonds is 6. The number of carbonyl (C=O) groups excluding carboxylic acids is 2. The molecule has 0 bridgehead atoms. The van der Waals surface area contributed by atoms with Gasteiger partial charge in [-0.3, -0.25) is 9.59 Å². The molecule has 120 valence electrons. The zero-order valence-corrected chi connectivity index (χ0v) is 13.0. The predicted molar refractivity (Wildman–Crippen MR) is 82.3 cm³/mol. The van der Waals surface area contributed by atoms with Crippen LogP contribution in [0.4, 0.5) is 0 Å². The van der Waals surface area contributed by atoms with E-state index in [0.717, 1.165) is 12.8 Å². The lowest BCUT2D eigenvalue weighted by Crippen LogP contribution is -2.45. The van der Waals surface area contributed by atoms with Crippen LogP contribution in [0, 0.1) is 0 Å². The molecule has 1 atom stereocenters. The highest BCUT2D eigenvalue weighted by Crippen LogP contribution is 2.14. The third-order valence-electron chi connectivity index (χ3n) is 3.86. The lowest BCUT2D eigenvalue weighted by atomic mass is 10.1. The second-order valence-corrected chi connectivity index (χ2v) is 5.43. The van der Waals surface area contributed by atoms with Gasteiger partial charge < -0.3 is 14.4 Å². The Morgan fingerprint density at radius 1 is 1.27 bits per heavy atom. The Hall–Kier alpha value is -1.88. The van der Waals surface area contributed by atoms with Crippen LogP contribution in [0.5, 0.6) is 0 Å². The van der Waals surface area contributed by atoms with E-state index in [1.54, 1.807) is 4.90 Å². The fraction of sp³-hybridized carbons (Fsp3) is 0.529. The lowest BCUT2D eigenvalue weighted by molar-refractivity contribution is -0.146. The van der Waals surface area contributed by atoms with Crippen LogP contribution in [-0.2, 0) is 25.5 Å². The number of hydrogen-bond acceptors (Lipinski definition) is 4. The molecule has 1 aromatic rings. The van der Waals surface area contributed by atoms with Crippen molar-refractivity contribution in [2.75, 3.05) is 26.8 Å². The molecule has 0 N–H and O–H groups in total. The number of amides is 1. The highest BCUT2D eigenvalue weighted by Gasteiger charge is 2.24. The number of hydrogen-bond donors (Lipinski definition) is 0. The molecule has 1 aromatic carbocycles. The third-order valence-corrected chi connectivity index (χ3v) is 3.86. The van der Waals surface area contributed by atoms with E-state index in [1.165, 1.54) is 12.7 Å². The summed E-state index contributed by atoms with van der Waals surface area (Å²) in [7, 11) is 1.33. The lowest BCUT2D eigenvalue weighted by Gasteiger charge is -2.33. The molecular weight excluding hydrogens is 282 g/mol. The predicted octanol–water partition coefficient (Wildman–Crippen LogP) is 1.80. The number of carbonyl (C=O) groups is 2. The summed E-state index contributed by atoms with van der Waals surface area (Å²) in [5.41, 5.74) is 1.28. The van der Waals surface area contributed by atoms with Gasteiger partial charge in [0, 0.05) is 19.5 Å². The third kappa shape index (κ3) is 5.15. The van der Waals surface area contributed by atoms with E-state index in [1.807, 2.05) is 18.2 Å². The Bertz CT molecular complexity index is 489. The van der Waals surface area contributed by atoms with Crippen molar-refractivity contribution in [3.8, 4) is 0 Å². The van der Waals surface area contributed by atoms with Crippen LogP contribution < -0.4 is 0 Å². The topological polar surface area (TPSA) is 55.8 Å². The van der Waals surface area contributed by atoms with E-state index >= 15 is 0 Å². The number of benzene rings is 1. The molecule has 22 heavy (non-hydrogen) atoms. The minimum Gasteiger partial charge on any atom is -0.469 e. The average Bonchev–Trinajstić information content (AvgIpc) is 2.58. The molecule has 1 heterocycles. The van der Waals surface area contributed by atoms with Crippen LogP contribution in [0.25, 0.3) is 0 Å². The van der Waals surface area contributed by atoms with Gasteiger partial charge in [0.1, 0.15) is 0 Å². The van der Waals surface area contributed by atoms with E-state index in [0.29, 0.717) is 19.7 Å². The zero-order chi connectivity index (χ0) is 15.8. The molecule has 0 aliphatic carbocycles. The summed E-state index contributed by atoms with van der Waals surface area (Å²) >= 11 is 0. The van der Waals surface area contributed by atoms with Gasteiger partial charge in [-0.2, -0.15) is 0 Å². The van der Waals surface area contributed by atoms with Gasteiger partial charge in [-0.05, 0) is 18.4 Å². The minimum absolute atomic E-state index is 0.00147. The summed E-state index contributed by atoms with van der Waals surface area (Å²) in [4.78, 5) is 25.0. The van der Waals surface area contributed by atoms with Crippen LogP contribution in [0.15, 0.2) is 30.3 Å². The molecule has 1 aliphatic rings. The summed E-state index contributed by atoms with van der Waals surface area (Å²) in [6.45, 7) is 1.76. The van der Waals surface area contributed by atoms with Gasteiger partial charge in [-0.25, -0.2) is 0 Å². The van der Waals surface area contributed by atoms with Crippen molar-refractivity contribution < 1.29 is 19.1 Å². The van der Waals surface area contributed by atoms with Crippen LogP contribution in [0.3, 0.4) is 0 Å². The summed E-state index contributed by atoms with van der Waals surface area (Å²) in [6.07, 6.45) is 2.25. The molecule has 1 aliphatic heterocycles. The average molecular weight is 305 g/mol. The van der Waals surface area contributed by atoms with Crippen molar-refractivity contribution in [3.63, 3.8) is 0 Å². The first-order valence-electron chi connectivity index (χ1n) is 7.69. The fourth-order valence-electron chi connectivity index (χ4n) is 2.56. The SMILES string of the molecule is COC(=O)CCC(=O)N1CCO[C@@H](CCc2ccccc2)C1. The molecule has 0 saturated carbocycles. The quantitative estimate of drug-likeness (QED) is 0.752. The Balaban J connectivity index is 1.76. The summed E-state index contributed by atoms with van der Waals surface area (Å²) in [5, 5.41) is 0. The molecule has 0 unspecified atom stereocenters. The van der Waals surface area contributed by atoms with Crippen molar-refractivity contribution in [1.82, 2.24) is 4.90 Å². The second kappa shape index (κ2) is 8.54. The molecule has 1 fully saturated rings. The number of esters is 1. The van der Waals surface area contributed by atoms with Crippen LogP contribution in [-0.4, -0.2) is 49.7 Å². The van der Waals surface area contributed by atoms with Gasteiger partial charge in [-0.1, -0.05) is 30.3 Å². The van der Waals surface area contributed by atoms with Gasteiger partial charge in [0.15, 0.2) is 0 Å². The summed E-state index contributed by atoms with van der Waals surface area (Å²) < 4.78 is 10.3. The maximum atomic E-state index is 12.1. The first-order chi connectivity index (χ1) is 10.7. The van der Waals surface area contributed by atoms with E-state index in [2.05, 4.69) is 16.9 Å². The highest BCUT2D eigenvalue weighted by molar-refractivity contribution is 5.81. The molecule has 5 heteroatoms. The van der Waals surface area contributed by atoms with Gasteiger partial charge in [0.2, 0.25) is 5.91 Å². The van der Waals surface area contributed by atoms with Crippen LogP contribution in [0.1, 0.15) is 24.8 Å². The smallest absolute Gasteiger partial charge is 0.306 e. The van der Waals surface area contributed by atoms with E-state index in [9.17, 15) is 9.59 Å². The molecule has 0 radical (unpaired) electrons. The molecule has 0 aromatic heterocycles. The van der Waals surface area contributed by atoms with Gasteiger partial charge >= 0.3 is 5.97 Å². The van der Waals surface area contributed by atoms with Gasteiger partial charge in [0.25, 0.3) is 0 Å². The van der Waals surface area contributed by atoms with Crippen molar-refractivity contribution in [1.29, 1.82) is 0 Å². The fourth-order valence-corrected chi connectivity index (χ4v) is 2.56. The first kappa shape index (κ1) is 16.5. The zero-order valence-electron chi connectivity index (χ0n) is 13.0. The van der Waals surface area contributed by atoms with Gasteiger partial charge in [0.05, 0.1) is 26.2 Å². The standard InChI is InChI=1S/C17H23NO4/c1-21-17(20)10-9-16(19)18-11-12-22-15(13-18)8-7-14-5-3-2-4-6-14/h2-6,15H,7-13H2,1H3/t15-/m0/s1. The maximum Gasteiger partial charge on any atom is 0.306 e. The first-order valence-corrected chi connectivity index (χ1v) is 7.69. The number of morpholine rings is 1. The number of ether oxygens (including phenoxy) is 2. The van der Waals surface area contributed by atoms with Gasteiger partial charge in [-0.15, -0.1) is 0 Å². The van der Waals surface area contributed by atoms with E-state index < -0.39 is 0 Å². The highest BCUT2D eigenvalue weighted by atomic mass is 16.5. The molecule has 2 rings (SSSR count). The minimum atomic E-state index is -0.345. The second-order valence-electron chi connectivity index (χ2n) is 5.43. The van der Waals surface area contributed by atoms with Crippen molar-refractivity contribution in [2.45, 2.75) is 31.8 Å². The largest absolute Gasteiger partial charge is 0.469 e. The van der Waals surface area contributed by atoms with E-state index in [4.69, 9.17) is 4.74 Å². The Labute approximate surface area is 131 Å². The molecule has 1 amide bonds. The van der Waals surface area contributed by atoms with Crippen LogP contribution >= 0.6 is 0 Å². The summed E-state index contributed by atoms with van der Waals surface area (Å²) in [5.74, 6) is -0.347. The van der Waals surface area contributed by atoms with Crippen LogP contribution in [0.2, 0.25) is 0 Å². The Morgan fingerprint density at radius 2 is 2.05 bits per heavy atom. The molecule has 0 spiro atoms. The monoisotopic (exact) mass is 305 g/mol. The number of aryl methyl sites for hydroxylation is 1. The molecule has 1 saturated heterocycles.